The first-order valence-electron chi connectivity index (χ1n) is 7.10. The van der Waals surface area contributed by atoms with E-state index in [1.165, 1.54) is 12.1 Å². The fourth-order valence-electron chi connectivity index (χ4n) is 1.85. The standard InChI is InChI=1S/C15H20F3N3O2/c1-4-19-14(23)20-13(22)10(2)21(3)9-11-5-7-12(8-6-11)15(16,17)18/h5-8,10H,4,9H2,1-3H3,(H2,19,20,22,23)/t10-/m1/s1. The number of amides is 3. The van der Waals surface area contributed by atoms with E-state index in [9.17, 15) is 22.8 Å². The molecule has 0 aliphatic rings. The summed E-state index contributed by atoms with van der Waals surface area (Å²) < 4.78 is 37.5. The van der Waals surface area contributed by atoms with Crippen LogP contribution in [0.3, 0.4) is 0 Å². The van der Waals surface area contributed by atoms with Crippen molar-refractivity contribution < 1.29 is 22.8 Å². The molecule has 1 rings (SSSR count). The third-order valence-electron chi connectivity index (χ3n) is 3.33. The van der Waals surface area contributed by atoms with Gasteiger partial charge in [0, 0.05) is 13.1 Å². The molecule has 0 radical (unpaired) electrons. The molecule has 3 amide bonds. The van der Waals surface area contributed by atoms with Crippen LogP contribution in [0.2, 0.25) is 0 Å². The fraction of sp³-hybridized carbons (Fsp3) is 0.467. The second kappa shape index (κ2) is 7.96. The van der Waals surface area contributed by atoms with Gasteiger partial charge in [-0.15, -0.1) is 0 Å². The van der Waals surface area contributed by atoms with E-state index in [0.717, 1.165) is 12.1 Å². The normalized spacial score (nSPS) is 12.8. The van der Waals surface area contributed by atoms with E-state index >= 15 is 0 Å². The topological polar surface area (TPSA) is 61.4 Å². The lowest BCUT2D eigenvalue weighted by Gasteiger charge is -2.23. The van der Waals surface area contributed by atoms with Crippen molar-refractivity contribution in [3.8, 4) is 0 Å². The van der Waals surface area contributed by atoms with E-state index in [0.29, 0.717) is 12.1 Å². The average Bonchev–Trinajstić information content (AvgIpc) is 2.46. The predicted octanol–water partition coefficient (Wildman–Crippen LogP) is 2.37. The Morgan fingerprint density at radius 2 is 1.78 bits per heavy atom. The van der Waals surface area contributed by atoms with Crippen LogP contribution in [0.25, 0.3) is 0 Å². The van der Waals surface area contributed by atoms with Gasteiger partial charge >= 0.3 is 12.2 Å². The number of hydrogen-bond acceptors (Lipinski definition) is 3. The molecule has 8 heteroatoms. The highest BCUT2D eigenvalue weighted by Gasteiger charge is 2.30. The van der Waals surface area contributed by atoms with Gasteiger partial charge in [0.2, 0.25) is 5.91 Å². The Hall–Kier alpha value is -2.09. The zero-order valence-corrected chi connectivity index (χ0v) is 13.2. The van der Waals surface area contributed by atoms with E-state index in [2.05, 4.69) is 10.6 Å². The van der Waals surface area contributed by atoms with Crippen molar-refractivity contribution in [1.82, 2.24) is 15.5 Å². The molecule has 0 spiro atoms. The van der Waals surface area contributed by atoms with Crippen molar-refractivity contribution in [2.45, 2.75) is 32.6 Å². The van der Waals surface area contributed by atoms with E-state index in [1.54, 1.807) is 25.8 Å². The van der Waals surface area contributed by atoms with E-state index in [-0.39, 0.29) is 6.54 Å². The molecule has 1 atom stereocenters. The molecule has 0 heterocycles. The third-order valence-corrected chi connectivity index (χ3v) is 3.33. The van der Waals surface area contributed by atoms with Crippen LogP contribution in [0.5, 0.6) is 0 Å². The maximum atomic E-state index is 12.5. The van der Waals surface area contributed by atoms with Crippen LogP contribution in [0.4, 0.5) is 18.0 Å². The molecule has 2 N–H and O–H groups in total. The van der Waals surface area contributed by atoms with E-state index in [1.807, 2.05) is 0 Å². The molecule has 0 fully saturated rings. The lowest BCUT2D eigenvalue weighted by atomic mass is 10.1. The summed E-state index contributed by atoms with van der Waals surface area (Å²) in [5, 5.41) is 4.64. The summed E-state index contributed by atoms with van der Waals surface area (Å²) >= 11 is 0. The molecule has 23 heavy (non-hydrogen) atoms. The first-order valence-corrected chi connectivity index (χ1v) is 7.10. The smallest absolute Gasteiger partial charge is 0.338 e. The summed E-state index contributed by atoms with van der Waals surface area (Å²) in [7, 11) is 1.65. The van der Waals surface area contributed by atoms with Gasteiger partial charge in [-0.1, -0.05) is 12.1 Å². The molecule has 0 aromatic heterocycles. The number of urea groups is 1. The van der Waals surface area contributed by atoms with Crippen LogP contribution in [0, 0.1) is 0 Å². The summed E-state index contributed by atoms with van der Waals surface area (Å²) in [5.41, 5.74) is -0.0795. The number of imide groups is 1. The molecule has 0 aliphatic heterocycles. The summed E-state index contributed by atoms with van der Waals surface area (Å²) in [6, 6.07) is 3.55. The van der Waals surface area contributed by atoms with Crippen LogP contribution < -0.4 is 10.6 Å². The first-order chi connectivity index (χ1) is 10.6. The van der Waals surface area contributed by atoms with Gasteiger partial charge in [0.15, 0.2) is 0 Å². The lowest BCUT2D eigenvalue weighted by molar-refractivity contribution is -0.137. The molecule has 1 aromatic carbocycles. The molecular formula is C15H20F3N3O2. The number of rotatable bonds is 5. The fourth-order valence-corrected chi connectivity index (χ4v) is 1.85. The number of nitrogens with zero attached hydrogens (tertiary/aromatic N) is 1. The molecular weight excluding hydrogens is 311 g/mol. The highest BCUT2D eigenvalue weighted by atomic mass is 19.4. The van der Waals surface area contributed by atoms with Gasteiger partial charge in [0.05, 0.1) is 11.6 Å². The minimum absolute atomic E-state index is 0.280. The maximum absolute atomic E-state index is 12.5. The first kappa shape index (κ1) is 19.0. The van der Waals surface area contributed by atoms with Crippen LogP contribution in [0.1, 0.15) is 25.0 Å². The molecule has 5 nitrogen and oxygen atoms in total. The van der Waals surface area contributed by atoms with Gasteiger partial charge in [0.25, 0.3) is 0 Å². The second-order valence-corrected chi connectivity index (χ2v) is 5.13. The van der Waals surface area contributed by atoms with Crippen molar-refractivity contribution in [2.24, 2.45) is 0 Å². The van der Waals surface area contributed by atoms with E-state index < -0.39 is 29.7 Å². The Bertz CT molecular complexity index is 544. The minimum atomic E-state index is -4.37. The molecule has 0 saturated carbocycles. The Kier molecular flexibility index (Phi) is 6.56. The van der Waals surface area contributed by atoms with Gasteiger partial charge in [-0.05, 0) is 38.6 Å². The van der Waals surface area contributed by atoms with Crippen molar-refractivity contribution in [3.63, 3.8) is 0 Å². The summed E-state index contributed by atoms with van der Waals surface area (Å²) in [6.07, 6.45) is -4.37. The average molecular weight is 331 g/mol. The highest BCUT2D eigenvalue weighted by Crippen LogP contribution is 2.29. The van der Waals surface area contributed by atoms with Gasteiger partial charge in [-0.3, -0.25) is 15.0 Å². The molecule has 1 aromatic rings. The zero-order chi connectivity index (χ0) is 17.6. The van der Waals surface area contributed by atoms with Crippen LogP contribution in [0.15, 0.2) is 24.3 Å². The number of hydrogen-bond donors (Lipinski definition) is 2. The van der Waals surface area contributed by atoms with E-state index in [4.69, 9.17) is 0 Å². The summed E-state index contributed by atoms with van der Waals surface area (Å²) in [4.78, 5) is 24.8. The molecule has 0 bridgehead atoms. The Labute approximate surface area is 132 Å². The van der Waals surface area contributed by atoms with Crippen LogP contribution >= 0.6 is 0 Å². The maximum Gasteiger partial charge on any atom is 0.416 e. The van der Waals surface area contributed by atoms with Crippen molar-refractivity contribution >= 4 is 11.9 Å². The predicted molar refractivity (Wildman–Crippen MR) is 79.6 cm³/mol. The number of alkyl halides is 3. The number of nitrogens with one attached hydrogen (secondary N) is 2. The second-order valence-electron chi connectivity index (χ2n) is 5.13. The lowest BCUT2D eigenvalue weighted by Crippen LogP contribution is -2.48. The molecule has 128 valence electrons. The number of benzene rings is 1. The number of carbonyl (C=O) groups is 2. The van der Waals surface area contributed by atoms with Gasteiger partial charge < -0.3 is 5.32 Å². The Morgan fingerprint density at radius 1 is 1.22 bits per heavy atom. The monoisotopic (exact) mass is 331 g/mol. The quantitative estimate of drug-likeness (QED) is 0.871. The SMILES string of the molecule is CCNC(=O)NC(=O)[C@@H](C)N(C)Cc1ccc(C(F)(F)F)cc1. The molecule has 0 unspecified atom stereocenters. The Balaban J connectivity index is 2.62. The number of carbonyl (C=O) groups excluding carboxylic acids is 2. The number of likely N-dealkylation sites (N-methyl/N-ethyl adjacent to an activating group) is 1. The summed E-state index contributed by atoms with van der Waals surface area (Å²) in [5.74, 6) is -0.481. The number of halogens is 3. The zero-order valence-electron chi connectivity index (χ0n) is 13.2. The van der Waals surface area contributed by atoms with Crippen LogP contribution in [-0.2, 0) is 17.5 Å². The summed E-state index contributed by atoms with van der Waals surface area (Å²) in [6.45, 7) is 4.01. The minimum Gasteiger partial charge on any atom is -0.338 e. The molecule has 0 aliphatic carbocycles. The van der Waals surface area contributed by atoms with Crippen molar-refractivity contribution in [3.05, 3.63) is 35.4 Å². The highest BCUT2D eigenvalue weighted by molar-refractivity contribution is 5.96. The van der Waals surface area contributed by atoms with Crippen molar-refractivity contribution in [2.75, 3.05) is 13.6 Å². The van der Waals surface area contributed by atoms with Gasteiger partial charge in [-0.2, -0.15) is 13.2 Å². The van der Waals surface area contributed by atoms with Crippen LogP contribution in [-0.4, -0.2) is 36.5 Å². The van der Waals surface area contributed by atoms with Crippen molar-refractivity contribution in [1.29, 1.82) is 0 Å². The van der Waals surface area contributed by atoms with Gasteiger partial charge in [-0.25, -0.2) is 4.79 Å². The third kappa shape index (κ3) is 5.90. The molecule has 0 saturated heterocycles. The van der Waals surface area contributed by atoms with Gasteiger partial charge in [0.1, 0.15) is 0 Å². The largest absolute Gasteiger partial charge is 0.416 e. The Morgan fingerprint density at radius 3 is 2.26 bits per heavy atom.